The molecule has 0 N–H and O–H groups in total. The van der Waals surface area contributed by atoms with Crippen molar-refractivity contribution in [2.75, 3.05) is 7.05 Å². The smallest absolute Gasteiger partial charge is 0.323 e. The van der Waals surface area contributed by atoms with Gasteiger partial charge in [0.2, 0.25) is 0 Å². The lowest BCUT2D eigenvalue weighted by atomic mass is 9.95. The van der Waals surface area contributed by atoms with E-state index in [9.17, 15) is 4.79 Å². The maximum Gasteiger partial charge on any atom is 0.346 e. The van der Waals surface area contributed by atoms with Crippen molar-refractivity contribution >= 4 is 17.1 Å². The molecule has 1 heterocycles. The summed E-state index contributed by atoms with van der Waals surface area (Å²) < 4.78 is 1.41. The van der Waals surface area contributed by atoms with Crippen LogP contribution in [0.5, 0.6) is 0 Å². The van der Waals surface area contributed by atoms with Gasteiger partial charge in [-0.3, -0.25) is 0 Å². The molecule has 1 fully saturated rings. The van der Waals surface area contributed by atoms with Crippen molar-refractivity contribution in [2.24, 2.45) is 0 Å². The van der Waals surface area contributed by atoms with Crippen LogP contribution in [-0.2, 0) is 0 Å². The van der Waals surface area contributed by atoms with Crippen LogP contribution in [0.25, 0.3) is 11.0 Å². The molecule has 1 amide bonds. The number of carbonyl (C=O) groups excluding carboxylic acids is 1. The molecule has 1 aliphatic rings. The van der Waals surface area contributed by atoms with Gasteiger partial charge in [-0.15, -0.1) is 5.10 Å². The third-order valence-electron chi connectivity index (χ3n) is 3.96. The van der Waals surface area contributed by atoms with E-state index in [1.54, 1.807) is 0 Å². The Bertz CT molecular complexity index is 587. The van der Waals surface area contributed by atoms with Crippen molar-refractivity contribution < 1.29 is 4.79 Å². The van der Waals surface area contributed by atoms with Crippen LogP contribution in [-0.4, -0.2) is 39.0 Å². The molecule has 5 heteroatoms. The van der Waals surface area contributed by atoms with Crippen LogP contribution in [0.4, 0.5) is 4.79 Å². The first kappa shape index (κ1) is 15.5. The lowest BCUT2D eigenvalue weighted by Gasteiger charge is -2.30. The Kier molecular flexibility index (Phi) is 5.31. The zero-order chi connectivity index (χ0) is 15.2. The van der Waals surface area contributed by atoms with E-state index in [2.05, 4.69) is 10.3 Å². The van der Waals surface area contributed by atoms with Gasteiger partial charge >= 0.3 is 6.03 Å². The normalized spacial score (nSPS) is 15.4. The van der Waals surface area contributed by atoms with Gasteiger partial charge in [-0.05, 0) is 25.0 Å². The average molecular weight is 288 g/mol. The van der Waals surface area contributed by atoms with E-state index in [4.69, 9.17) is 0 Å². The van der Waals surface area contributed by atoms with Crippen LogP contribution in [0.2, 0.25) is 0 Å². The van der Waals surface area contributed by atoms with Crippen molar-refractivity contribution in [1.29, 1.82) is 0 Å². The fourth-order valence-electron chi connectivity index (χ4n) is 2.78. The summed E-state index contributed by atoms with van der Waals surface area (Å²) in [4.78, 5) is 14.3. The summed E-state index contributed by atoms with van der Waals surface area (Å²) in [5.41, 5.74) is 1.53. The van der Waals surface area contributed by atoms with Crippen molar-refractivity contribution in [3.05, 3.63) is 24.3 Å². The number of hydrogen-bond donors (Lipinski definition) is 0. The van der Waals surface area contributed by atoms with Crippen molar-refractivity contribution in [1.82, 2.24) is 19.9 Å². The second kappa shape index (κ2) is 7.20. The fraction of sp³-hybridized carbons (Fsp3) is 0.562. The fourth-order valence-corrected chi connectivity index (χ4v) is 2.78. The maximum absolute atomic E-state index is 12.5. The summed E-state index contributed by atoms with van der Waals surface area (Å²) >= 11 is 0. The Morgan fingerprint density at radius 2 is 1.86 bits per heavy atom. The lowest BCUT2D eigenvalue weighted by Crippen LogP contribution is -2.41. The van der Waals surface area contributed by atoms with Crippen LogP contribution < -0.4 is 0 Å². The molecule has 0 aliphatic heterocycles. The molecule has 1 aromatic heterocycles. The number of para-hydroxylation sites is 1. The first-order chi connectivity index (χ1) is 10.3. The highest BCUT2D eigenvalue weighted by Crippen LogP contribution is 2.22. The van der Waals surface area contributed by atoms with Gasteiger partial charge in [0.15, 0.2) is 0 Å². The largest absolute Gasteiger partial charge is 0.346 e. The molecular formula is C16H24N4O. The van der Waals surface area contributed by atoms with Crippen molar-refractivity contribution in [3.8, 4) is 0 Å². The van der Waals surface area contributed by atoms with Gasteiger partial charge in [-0.2, -0.15) is 4.68 Å². The molecule has 3 rings (SSSR count). The molecule has 0 unspecified atom stereocenters. The van der Waals surface area contributed by atoms with Gasteiger partial charge < -0.3 is 4.90 Å². The lowest BCUT2D eigenvalue weighted by molar-refractivity contribution is 0.173. The quantitative estimate of drug-likeness (QED) is 0.804. The Labute approximate surface area is 125 Å². The molecule has 5 nitrogen and oxygen atoms in total. The first-order valence-corrected chi connectivity index (χ1v) is 7.85. The Morgan fingerprint density at radius 3 is 2.57 bits per heavy atom. The second-order valence-corrected chi connectivity index (χ2v) is 5.18. The molecule has 1 aromatic carbocycles. The van der Waals surface area contributed by atoms with E-state index >= 15 is 0 Å². The molecule has 114 valence electrons. The minimum absolute atomic E-state index is 0.0828. The molecule has 1 saturated carbocycles. The maximum atomic E-state index is 12.5. The predicted molar refractivity (Wildman–Crippen MR) is 84.3 cm³/mol. The number of nitrogens with zero attached hydrogens (tertiary/aromatic N) is 4. The van der Waals surface area contributed by atoms with Gasteiger partial charge in [0.05, 0.1) is 5.52 Å². The zero-order valence-electron chi connectivity index (χ0n) is 13.1. The zero-order valence-corrected chi connectivity index (χ0v) is 13.1. The molecule has 0 spiro atoms. The summed E-state index contributed by atoms with van der Waals surface area (Å²) in [5.74, 6) is 0. The van der Waals surface area contributed by atoms with Crippen LogP contribution in [0, 0.1) is 0 Å². The number of hydrogen-bond acceptors (Lipinski definition) is 3. The van der Waals surface area contributed by atoms with E-state index in [-0.39, 0.29) is 6.03 Å². The van der Waals surface area contributed by atoms with E-state index in [0.29, 0.717) is 6.04 Å². The predicted octanol–water partition coefficient (Wildman–Crippen LogP) is 3.69. The third kappa shape index (κ3) is 3.23. The summed E-state index contributed by atoms with van der Waals surface area (Å²) in [6.45, 7) is 4.00. The minimum Gasteiger partial charge on any atom is -0.323 e. The van der Waals surface area contributed by atoms with Gasteiger partial charge in [-0.1, -0.05) is 50.5 Å². The highest BCUT2D eigenvalue weighted by molar-refractivity contribution is 5.87. The van der Waals surface area contributed by atoms with Gasteiger partial charge in [0.25, 0.3) is 0 Å². The monoisotopic (exact) mass is 288 g/mol. The van der Waals surface area contributed by atoms with E-state index in [1.165, 1.54) is 23.9 Å². The standard InChI is InChI=1S/C14H18N4O.C2H6/c1-17(11-7-3-2-4-8-11)14(19)18-13-10-6-5-9-12(13)15-16-18;1-2/h5-6,9-11H,2-4,7-8H2,1H3;1-2H3. The number of benzene rings is 1. The summed E-state index contributed by atoms with van der Waals surface area (Å²) in [5, 5.41) is 8.02. The summed E-state index contributed by atoms with van der Waals surface area (Å²) in [6, 6.07) is 7.80. The minimum atomic E-state index is -0.0828. The summed E-state index contributed by atoms with van der Waals surface area (Å²) in [7, 11) is 1.87. The molecule has 0 saturated heterocycles. The first-order valence-electron chi connectivity index (χ1n) is 7.85. The van der Waals surface area contributed by atoms with Gasteiger partial charge in [-0.25, -0.2) is 4.79 Å². The van der Waals surface area contributed by atoms with Crippen LogP contribution in [0.15, 0.2) is 24.3 Å². The number of rotatable bonds is 1. The molecule has 0 bridgehead atoms. The Morgan fingerprint density at radius 1 is 1.19 bits per heavy atom. The number of aromatic nitrogens is 3. The van der Waals surface area contributed by atoms with Gasteiger partial charge in [0.1, 0.15) is 5.52 Å². The molecule has 0 atom stereocenters. The van der Waals surface area contributed by atoms with Gasteiger partial charge in [0, 0.05) is 13.1 Å². The molecule has 21 heavy (non-hydrogen) atoms. The second-order valence-electron chi connectivity index (χ2n) is 5.18. The summed E-state index contributed by atoms with van der Waals surface area (Å²) in [6.07, 6.45) is 5.88. The molecule has 0 radical (unpaired) electrons. The third-order valence-corrected chi connectivity index (χ3v) is 3.96. The number of amides is 1. The topological polar surface area (TPSA) is 51.0 Å². The Hall–Kier alpha value is -1.91. The highest BCUT2D eigenvalue weighted by Gasteiger charge is 2.24. The SMILES string of the molecule is CC.CN(C(=O)n1nnc2ccccc21)C1CCCCC1. The van der Waals surface area contributed by atoms with E-state index in [0.717, 1.165) is 23.9 Å². The molecule has 2 aromatic rings. The number of fused-ring (bicyclic) bond motifs is 1. The molecular weight excluding hydrogens is 264 g/mol. The van der Waals surface area contributed by atoms with Crippen LogP contribution in [0.1, 0.15) is 46.0 Å². The highest BCUT2D eigenvalue weighted by atomic mass is 16.2. The van der Waals surface area contributed by atoms with E-state index < -0.39 is 0 Å². The van der Waals surface area contributed by atoms with Crippen LogP contribution in [0.3, 0.4) is 0 Å². The number of carbonyl (C=O) groups is 1. The van der Waals surface area contributed by atoms with Crippen molar-refractivity contribution in [2.45, 2.75) is 52.0 Å². The molecule has 1 aliphatic carbocycles. The Balaban J connectivity index is 0.000000774. The van der Waals surface area contributed by atoms with Crippen molar-refractivity contribution in [3.63, 3.8) is 0 Å². The van der Waals surface area contributed by atoms with E-state index in [1.807, 2.05) is 50.1 Å². The average Bonchev–Trinajstić information content (AvgIpc) is 3.00. The van der Waals surface area contributed by atoms with Crippen LogP contribution >= 0.6 is 0 Å².